The highest BCUT2D eigenvalue weighted by molar-refractivity contribution is 5.28. The van der Waals surface area contributed by atoms with Gasteiger partial charge >= 0.3 is 0 Å². The lowest BCUT2D eigenvalue weighted by Crippen LogP contribution is -2.16. The Hall–Kier alpha value is -1.27. The van der Waals surface area contributed by atoms with Crippen molar-refractivity contribution < 1.29 is 0 Å². The van der Waals surface area contributed by atoms with Crippen LogP contribution in [0.15, 0.2) is 12.3 Å². The van der Waals surface area contributed by atoms with E-state index in [4.69, 9.17) is 5.26 Å². The van der Waals surface area contributed by atoms with Gasteiger partial charge in [-0.25, -0.2) is 0 Å². The zero-order chi connectivity index (χ0) is 12.1. The van der Waals surface area contributed by atoms with Crippen LogP contribution in [0.4, 0.5) is 0 Å². The van der Waals surface area contributed by atoms with Gasteiger partial charge in [0.2, 0.25) is 0 Å². The summed E-state index contributed by atoms with van der Waals surface area (Å²) in [6, 6.07) is 4.15. The van der Waals surface area contributed by atoms with E-state index in [1.165, 1.54) is 37.7 Å². The molecule has 0 unspecified atom stereocenters. The first-order valence-corrected chi connectivity index (χ1v) is 6.55. The molecular weight excluding hydrogens is 210 g/mol. The molecule has 1 aromatic rings. The highest BCUT2D eigenvalue weighted by Crippen LogP contribution is 2.26. The Morgan fingerprint density at radius 3 is 2.88 bits per heavy atom. The van der Waals surface area contributed by atoms with Gasteiger partial charge in [-0.3, -0.25) is 0 Å². The number of nitrogens with one attached hydrogen (secondary N) is 1. The third-order valence-electron chi connectivity index (χ3n) is 3.71. The minimum Gasteiger partial charge on any atom is -0.342 e. The van der Waals surface area contributed by atoms with Gasteiger partial charge in [0.25, 0.3) is 0 Å². The van der Waals surface area contributed by atoms with Crippen LogP contribution in [0.2, 0.25) is 0 Å². The van der Waals surface area contributed by atoms with Gasteiger partial charge in [-0.1, -0.05) is 25.7 Å². The quantitative estimate of drug-likeness (QED) is 0.791. The second-order valence-electron chi connectivity index (χ2n) is 5.07. The normalized spacial score (nSPS) is 16.2. The molecule has 2 rings (SSSR count). The topological polar surface area (TPSA) is 40.8 Å². The summed E-state index contributed by atoms with van der Waals surface area (Å²) in [4.78, 5) is 0. The lowest BCUT2D eigenvalue weighted by Gasteiger charge is -2.08. The van der Waals surface area contributed by atoms with Crippen LogP contribution in [-0.4, -0.2) is 11.1 Å². The van der Waals surface area contributed by atoms with Crippen molar-refractivity contribution in [3.05, 3.63) is 23.5 Å². The van der Waals surface area contributed by atoms with Crippen LogP contribution < -0.4 is 5.32 Å². The highest BCUT2D eigenvalue weighted by atomic mass is 14.9. The summed E-state index contributed by atoms with van der Waals surface area (Å²) in [7, 11) is 1.92. The SMILES string of the molecule is Cn1cc(CNCCC2CCCC2)cc1C#N. The molecule has 0 bridgehead atoms. The average molecular weight is 231 g/mol. The Morgan fingerprint density at radius 2 is 2.24 bits per heavy atom. The molecule has 1 N–H and O–H groups in total. The van der Waals surface area contributed by atoms with Gasteiger partial charge in [0.1, 0.15) is 11.8 Å². The summed E-state index contributed by atoms with van der Waals surface area (Å²) in [5.41, 5.74) is 1.94. The fourth-order valence-corrected chi connectivity index (χ4v) is 2.68. The molecule has 1 aliphatic rings. The third-order valence-corrected chi connectivity index (χ3v) is 3.71. The highest BCUT2D eigenvalue weighted by Gasteiger charge is 2.13. The van der Waals surface area contributed by atoms with Crippen molar-refractivity contribution in [2.75, 3.05) is 6.54 Å². The summed E-state index contributed by atoms with van der Waals surface area (Å²) < 4.78 is 1.88. The van der Waals surface area contributed by atoms with Gasteiger partial charge in [-0.15, -0.1) is 0 Å². The molecule has 3 nitrogen and oxygen atoms in total. The van der Waals surface area contributed by atoms with Crippen molar-refractivity contribution in [3.8, 4) is 6.07 Å². The number of nitrogens with zero attached hydrogens (tertiary/aromatic N) is 2. The Morgan fingerprint density at radius 1 is 1.47 bits per heavy atom. The third kappa shape index (κ3) is 3.34. The zero-order valence-corrected chi connectivity index (χ0v) is 10.6. The first-order valence-electron chi connectivity index (χ1n) is 6.55. The first kappa shape index (κ1) is 12.2. The number of nitriles is 1. The van der Waals surface area contributed by atoms with Crippen molar-refractivity contribution in [2.45, 2.75) is 38.6 Å². The number of aryl methyl sites for hydroxylation is 1. The molecule has 1 heterocycles. The molecule has 3 heteroatoms. The molecule has 0 radical (unpaired) electrons. The molecule has 1 aliphatic carbocycles. The molecule has 0 spiro atoms. The van der Waals surface area contributed by atoms with E-state index < -0.39 is 0 Å². The molecule has 0 amide bonds. The number of hydrogen-bond acceptors (Lipinski definition) is 2. The number of aromatic nitrogens is 1. The zero-order valence-electron chi connectivity index (χ0n) is 10.6. The molecule has 0 saturated heterocycles. The molecule has 92 valence electrons. The molecule has 1 saturated carbocycles. The van der Waals surface area contributed by atoms with Crippen molar-refractivity contribution in [2.24, 2.45) is 13.0 Å². The van der Waals surface area contributed by atoms with Gasteiger partial charge in [0.05, 0.1) is 0 Å². The lowest BCUT2D eigenvalue weighted by molar-refractivity contribution is 0.477. The molecular formula is C14H21N3. The largest absolute Gasteiger partial charge is 0.342 e. The Bertz CT molecular complexity index is 394. The van der Waals surface area contributed by atoms with Crippen LogP contribution in [0.25, 0.3) is 0 Å². The summed E-state index contributed by atoms with van der Waals surface area (Å²) >= 11 is 0. The van der Waals surface area contributed by atoms with Crippen molar-refractivity contribution in [1.29, 1.82) is 5.26 Å². The van der Waals surface area contributed by atoms with Gasteiger partial charge < -0.3 is 9.88 Å². The predicted octanol–water partition coefficient (Wildman–Crippen LogP) is 2.57. The maximum absolute atomic E-state index is 8.86. The standard InChI is InChI=1S/C14H21N3/c1-17-11-13(8-14(17)9-15)10-16-7-6-12-4-2-3-5-12/h8,11-12,16H,2-7,10H2,1H3. The maximum Gasteiger partial charge on any atom is 0.120 e. The molecule has 0 atom stereocenters. The lowest BCUT2D eigenvalue weighted by atomic mass is 10.0. The van der Waals surface area contributed by atoms with E-state index >= 15 is 0 Å². The molecule has 1 fully saturated rings. The molecule has 0 aromatic carbocycles. The summed E-state index contributed by atoms with van der Waals surface area (Å²) in [6.45, 7) is 1.98. The molecule has 17 heavy (non-hydrogen) atoms. The van der Waals surface area contributed by atoms with Gasteiger partial charge in [-0.2, -0.15) is 5.26 Å². The Balaban J connectivity index is 1.69. The molecule has 0 aliphatic heterocycles. The van der Waals surface area contributed by atoms with Crippen molar-refractivity contribution in [3.63, 3.8) is 0 Å². The second-order valence-corrected chi connectivity index (χ2v) is 5.07. The van der Waals surface area contributed by atoms with Gasteiger partial charge in [-0.05, 0) is 30.5 Å². The van der Waals surface area contributed by atoms with E-state index in [1.807, 2.05) is 23.9 Å². The average Bonchev–Trinajstić information content (AvgIpc) is 2.94. The van der Waals surface area contributed by atoms with E-state index in [2.05, 4.69) is 11.4 Å². The van der Waals surface area contributed by atoms with E-state index in [9.17, 15) is 0 Å². The minimum absolute atomic E-state index is 0.734. The molecule has 1 aromatic heterocycles. The maximum atomic E-state index is 8.86. The van der Waals surface area contributed by atoms with Gasteiger partial charge in [0, 0.05) is 19.8 Å². The van der Waals surface area contributed by atoms with Crippen molar-refractivity contribution in [1.82, 2.24) is 9.88 Å². The Kier molecular flexibility index (Phi) is 4.22. The summed E-state index contributed by atoms with van der Waals surface area (Å²) in [5.74, 6) is 0.952. The smallest absolute Gasteiger partial charge is 0.120 e. The summed E-state index contributed by atoms with van der Waals surface area (Å²) in [6.07, 6.45) is 9.03. The van der Waals surface area contributed by atoms with Crippen LogP contribution in [0.1, 0.15) is 43.4 Å². The Labute approximate surface area is 103 Å². The second kappa shape index (κ2) is 5.88. The van der Waals surface area contributed by atoms with Crippen LogP contribution >= 0.6 is 0 Å². The number of hydrogen-bond donors (Lipinski definition) is 1. The van der Waals surface area contributed by atoms with Crippen LogP contribution in [0.5, 0.6) is 0 Å². The fraction of sp³-hybridized carbons (Fsp3) is 0.643. The van der Waals surface area contributed by atoms with Crippen LogP contribution in [0.3, 0.4) is 0 Å². The first-order chi connectivity index (χ1) is 8.29. The van der Waals surface area contributed by atoms with E-state index in [1.54, 1.807) is 0 Å². The summed E-state index contributed by atoms with van der Waals surface area (Å²) in [5, 5.41) is 12.3. The minimum atomic E-state index is 0.734. The van der Waals surface area contributed by atoms with E-state index in [-0.39, 0.29) is 0 Å². The van der Waals surface area contributed by atoms with Crippen LogP contribution in [-0.2, 0) is 13.6 Å². The number of rotatable bonds is 5. The monoisotopic (exact) mass is 231 g/mol. The van der Waals surface area contributed by atoms with Gasteiger partial charge in [0.15, 0.2) is 0 Å². The predicted molar refractivity (Wildman–Crippen MR) is 68.4 cm³/mol. The fourth-order valence-electron chi connectivity index (χ4n) is 2.68. The van der Waals surface area contributed by atoms with Crippen LogP contribution in [0, 0.1) is 17.2 Å². The van der Waals surface area contributed by atoms with E-state index in [0.717, 1.165) is 24.7 Å². The van der Waals surface area contributed by atoms with E-state index in [0.29, 0.717) is 0 Å². The van der Waals surface area contributed by atoms with Crippen molar-refractivity contribution >= 4 is 0 Å².